The van der Waals surface area contributed by atoms with Crippen LogP contribution in [0.15, 0.2) is 18.2 Å². The summed E-state index contributed by atoms with van der Waals surface area (Å²) >= 11 is 0. The average Bonchev–Trinajstić information content (AvgIpc) is 2.99. The molecule has 8 nitrogen and oxygen atoms in total. The number of aryl methyl sites for hydroxylation is 1. The molecule has 3 N–H and O–H groups in total. The fourth-order valence-corrected chi connectivity index (χ4v) is 4.07. The Kier molecular flexibility index (Phi) is 4.26. The Bertz CT molecular complexity index is 1030. The number of rotatable bonds is 5. The second-order valence-corrected chi connectivity index (χ2v) is 8.74. The molecule has 1 aliphatic heterocycles. The Morgan fingerprint density at radius 1 is 1.19 bits per heavy atom. The van der Waals surface area contributed by atoms with Gasteiger partial charge in [0, 0.05) is 29.9 Å². The molecule has 0 spiro atoms. The molecule has 0 radical (unpaired) electrons. The number of hydrogen-bond donors (Lipinski definition) is 2. The fourth-order valence-electron chi connectivity index (χ4n) is 3.51. The molecule has 1 saturated heterocycles. The summed E-state index contributed by atoms with van der Waals surface area (Å²) in [6.45, 7) is 1.89. The van der Waals surface area contributed by atoms with Crippen molar-refractivity contribution in [1.29, 1.82) is 0 Å². The first-order chi connectivity index (χ1) is 12.8. The molecule has 0 atom stereocenters. The van der Waals surface area contributed by atoms with Gasteiger partial charge in [-0.25, -0.2) is 18.4 Å². The van der Waals surface area contributed by atoms with Crippen LogP contribution in [0.2, 0.25) is 0 Å². The second kappa shape index (κ2) is 6.49. The molecular weight excluding hydrogens is 366 g/mol. The van der Waals surface area contributed by atoms with E-state index in [0.717, 1.165) is 67.5 Å². The predicted octanol–water partition coefficient (Wildman–Crippen LogP) is 1.31. The first-order valence-electron chi connectivity index (χ1n) is 8.88. The monoisotopic (exact) mass is 387 g/mol. The zero-order valence-electron chi connectivity index (χ0n) is 15.0. The van der Waals surface area contributed by atoms with Gasteiger partial charge in [-0.2, -0.15) is 0 Å². The van der Waals surface area contributed by atoms with Gasteiger partial charge in [-0.3, -0.25) is 9.52 Å². The van der Waals surface area contributed by atoms with E-state index < -0.39 is 15.9 Å². The average molecular weight is 387 g/mol. The number of sulfonamides is 1. The number of benzene rings is 1. The van der Waals surface area contributed by atoms with E-state index in [0.29, 0.717) is 5.95 Å². The number of primary amides is 1. The van der Waals surface area contributed by atoms with Crippen molar-refractivity contribution in [3.63, 3.8) is 0 Å². The van der Waals surface area contributed by atoms with Crippen LogP contribution < -0.4 is 15.4 Å². The molecule has 142 valence electrons. The second-order valence-electron chi connectivity index (χ2n) is 6.99. The molecule has 2 heterocycles. The zero-order chi connectivity index (χ0) is 19.2. The third-order valence-electron chi connectivity index (χ3n) is 4.91. The Labute approximate surface area is 157 Å². The number of carbonyl (C=O) groups excluding carboxylic acids is 1. The van der Waals surface area contributed by atoms with Gasteiger partial charge in [0.1, 0.15) is 0 Å². The number of aromatic nitrogens is 2. The van der Waals surface area contributed by atoms with E-state index in [9.17, 15) is 13.2 Å². The normalized spacial score (nSPS) is 16.0. The predicted molar refractivity (Wildman–Crippen MR) is 103 cm³/mol. The van der Waals surface area contributed by atoms with Crippen molar-refractivity contribution in [2.24, 2.45) is 5.73 Å². The fraction of sp³-hybridized carbons (Fsp3) is 0.389. The lowest BCUT2D eigenvalue weighted by Gasteiger charge is -2.31. The summed E-state index contributed by atoms with van der Waals surface area (Å²) in [5.41, 5.74) is 9.37. The summed E-state index contributed by atoms with van der Waals surface area (Å²) in [6, 6.07) is 4.92. The van der Waals surface area contributed by atoms with E-state index >= 15 is 0 Å². The van der Waals surface area contributed by atoms with Crippen molar-refractivity contribution in [2.45, 2.75) is 25.7 Å². The lowest BCUT2D eigenvalue weighted by molar-refractivity contribution is 0.100. The summed E-state index contributed by atoms with van der Waals surface area (Å²) < 4.78 is 25.8. The number of fused-ring (bicyclic) bond motifs is 1. The summed E-state index contributed by atoms with van der Waals surface area (Å²) in [6.07, 6.45) is 4.99. The molecule has 1 amide bonds. The van der Waals surface area contributed by atoms with Crippen molar-refractivity contribution in [1.82, 2.24) is 9.97 Å². The number of carbonyl (C=O) groups is 1. The molecule has 2 aliphatic rings. The Morgan fingerprint density at radius 2 is 1.96 bits per heavy atom. The topological polar surface area (TPSA) is 118 Å². The highest BCUT2D eigenvalue weighted by Gasteiger charge is 2.25. The maximum Gasteiger partial charge on any atom is 0.250 e. The maximum atomic E-state index is 11.7. The van der Waals surface area contributed by atoms with Crippen LogP contribution in [0.25, 0.3) is 11.3 Å². The van der Waals surface area contributed by atoms with E-state index in [-0.39, 0.29) is 11.3 Å². The highest BCUT2D eigenvalue weighted by atomic mass is 32.2. The van der Waals surface area contributed by atoms with Crippen LogP contribution in [-0.2, 0) is 22.9 Å². The van der Waals surface area contributed by atoms with Crippen molar-refractivity contribution >= 4 is 27.6 Å². The van der Waals surface area contributed by atoms with E-state index in [1.807, 2.05) is 0 Å². The van der Waals surface area contributed by atoms with Crippen LogP contribution in [0.3, 0.4) is 0 Å². The van der Waals surface area contributed by atoms with Gasteiger partial charge in [0.2, 0.25) is 16.0 Å². The van der Waals surface area contributed by atoms with Crippen molar-refractivity contribution in [3.05, 3.63) is 35.0 Å². The van der Waals surface area contributed by atoms with Gasteiger partial charge in [-0.1, -0.05) is 6.07 Å². The molecule has 0 saturated carbocycles. The number of hydrogen-bond acceptors (Lipinski definition) is 6. The van der Waals surface area contributed by atoms with Crippen LogP contribution in [0.4, 0.5) is 11.6 Å². The lowest BCUT2D eigenvalue weighted by Crippen LogP contribution is -2.38. The van der Waals surface area contributed by atoms with Gasteiger partial charge in [0.25, 0.3) is 5.91 Å². The SMILES string of the molecule is CS(=O)(=O)Nc1cc(-c2nc(N3CCC3)nc3c2CCC3)ccc1C(N)=O. The van der Waals surface area contributed by atoms with E-state index in [1.54, 1.807) is 12.1 Å². The molecule has 27 heavy (non-hydrogen) atoms. The van der Waals surface area contributed by atoms with Gasteiger partial charge < -0.3 is 10.6 Å². The van der Waals surface area contributed by atoms with Gasteiger partial charge in [0.05, 0.1) is 23.2 Å². The Balaban J connectivity index is 1.84. The molecule has 1 aromatic carbocycles. The first kappa shape index (κ1) is 17.7. The molecule has 1 aromatic heterocycles. The number of anilines is 2. The molecule has 1 aliphatic carbocycles. The maximum absolute atomic E-state index is 11.7. The minimum Gasteiger partial charge on any atom is -0.366 e. The summed E-state index contributed by atoms with van der Waals surface area (Å²) in [7, 11) is -3.56. The number of nitrogens with one attached hydrogen (secondary N) is 1. The highest BCUT2D eigenvalue weighted by Crippen LogP contribution is 2.34. The Hall–Kier alpha value is -2.68. The van der Waals surface area contributed by atoms with Gasteiger partial charge in [-0.15, -0.1) is 0 Å². The molecular formula is C18H21N5O3S. The van der Waals surface area contributed by atoms with Crippen molar-refractivity contribution in [3.8, 4) is 11.3 Å². The largest absolute Gasteiger partial charge is 0.366 e. The quantitative estimate of drug-likeness (QED) is 0.799. The third kappa shape index (κ3) is 3.46. The van der Waals surface area contributed by atoms with Gasteiger partial charge in [0.15, 0.2) is 0 Å². The van der Waals surface area contributed by atoms with E-state index in [4.69, 9.17) is 15.7 Å². The molecule has 2 aromatic rings. The molecule has 4 rings (SSSR count). The van der Waals surface area contributed by atoms with Crippen LogP contribution in [0.1, 0.15) is 34.5 Å². The summed E-state index contributed by atoms with van der Waals surface area (Å²) in [5, 5.41) is 0. The molecule has 0 bridgehead atoms. The minimum atomic E-state index is -3.56. The van der Waals surface area contributed by atoms with Gasteiger partial charge >= 0.3 is 0 Å². The van der Waals surface area contributed by atoms with Gasteiger partial charge in [-0.05, 0) is 37.8 Å². The zero-order valence-corrected chi connectivity index (χ0v) is 15.8. The third-order valence-corrected chi connectivity index (χ3v) is 5.50. The van der Waals surface area contributed by atoms with E-state index in [2.05, 4.69) is 9.62 Å². The highest BCUT2D eigenvalue weighted by molar-refractivity contribution is 7.92. The smallest absolute Gasteiger partial charge is 0.250 e. The summed E-state index contributed by atoms with van der Waals surface area (Å²) in [5.74, 6) is 0.0235. The molecule has 9 heteroatoms. The first-order valence-corrected chi connectivity index (χ1v) is 10.8. The summed E-state index contributed by atoms with van der Waals surface area (Å²) in [4.78, 5) is 23.3. The van der Waals surface area contributed by atoms with Crippen LogP contribution in [0, 0.1) is 0 Å². The number of nitrogens with zero attached hydrogens (tertiary/aromatic N) is 3. The van der Waals surface area contributed by atoms with E-state index in [1.165, 1.54) is 6.07 Å². The van der Waals surface area contributed by atoms with Crippen LogP contribution in [0.5, 0.6) is 0 Å². The number of amides is 1. The standard InChI is InChI=1S/C18H21N5O3S/c1-27(25,26)22-15-10-11(6-7-13(15)17(19)24)16-12-4-2-5-14(12)20-18(21-16)23-8-3-9-23/h6-7,10,22H,2-5,8-9H2,1H3,(H2,19,24). The Morgan fingerprint density at radius 3 is 2.59 bits per heavy atom. The van der Waals surface area contributed by atoms with Crippen LogP contribution in [-0.4, -0.2) is 43.6 Å². The van der Waals surface area contributed by atoms with Crippen LogP contribution >= 0.6 is 0 Å². The van der Waals surface area contributed by atoms with Crippen molar-refractivity contribution < 1.29 is 13.2 Å². The minimum absolute atomic E-state index is 0.123. The van der Waals surface area contributed by atoms with Crippen molar-refractivity contribution in [2.75, 3.05) is 29.0 Å². The molecule has 1 fully saturated rings. The number of nitrogens with two attached hydrogens (primary N) is 1. The lowest BCUT2D eigenvalue weighted by atomic mass is 10.0. The molecule has 0 unspecified atom stereocenters.